The van der Waals surface area contributed by atoms with Gasteiger partial charge in [-0.1, -0.05) is 18.2 Å². The lowest BCUT2D eigenvalue weighted by molar-refractivity contribution is 0.0990. The van der Waals surface area contributed by atoms with Crippen LogP contribution in [0.15, 0.2) is 41.4 Å². The molecule has 0 atom stereocenters. The Kier molecular flexibility index (Phi) is 3.67. The van der Waals surface area contributed by atoms with Crippen LogP contribution in [-0.2, 0) is 6.42 Å². The van der Waals surface area contributed by atoms with E-state index >= 15 is 0 Å². The molecule has 0 aliphatic carbocycles. The van der Waals surface area contributed by atoms with E-state index < -0.39 is 0 Å². The summed E-state index contributed by atoms with van der Waals surface area (Å²) < 4.78 is 0. The number of nitrogens with zero attached hydrogens (tertiary/aromatic N) is 2. The average Bonchev–Trinajstić information content (AvgIpc) is 2.94. The van der Waals surface area contributed by atoms with Gasteiger partial charge >= 0.3 is 0 Å². The summed E-state index contributed by atoms with van der Waals surface area (Å²) in [5.74, 6) is 0.0765. The Bertz CT molecular complexity index is 766. The number of anilines is 1. The molecule has 1 N–H and O–H groups in total. The summed E-state index contributed by atoms with van der Waals surface area (Å²) in [5.41, 5.74) is 3.84. The first kappa shape index (κ1) is 14.3. The predicted octanol–water partition coefficient (Wildman–Crippen LogP) is 3.63. The molecule has 1 heterocycles. The minimum Gasteiger partial charge on any atom is -0.508 e. The number of fused-ring (bicyclic) bond motifs is 1. The second kappa shape index (κ2) is 5.64. The molecule has 0 aromatic heterocycles. The third kappa shape index (κ3) is 2.37. The average molecular weight is 294 g/mol. The largest absolute Gasteiger partial charge is 0.508 e. The van der Waals surface area contributed by atoms with E-state index in [0.29, 0.717) is 23.4 Å². The Morgan fingerprint density at radius 1 is 1.32 bits per heavy atom. The molecular formula is C18H18N2O2. The van der Waals surface area contributed by atoms with E-state index in [2.05, 4.69) is 11.1 Å². The molecule has 112 valence electrons. The van der Waals surface area contributed by atoms with Crippen molar-refractivity contribution in [3.05, 3.63) is 53.1 Å². The first-order valence-corrected chi connectivity index (χ1v) is 7.34. The van der Waals surface area contributed by atoms with E-state index in [1.54, 1.807) is 37.1 Å². The Hall–Kier alpha value is -2.62. The quantitative estimate of drug-likeness (QED) is 0.860. The maximum atomic E-state index is 12.9. The molecule has 1 amide bonds. The number of phenolic OH excluding ortho intramolecular Hbond substituents is 1. The Morgan fingerprint density at radius 2 is 2.09 bits per heavy atom. The molecule has 0 bridgehead atoms. The number of hydrogen-bond acceptors (Lipinski definition) is 3. The maximum Gasteiger partial charge on any atom is 0.260 e. The van der Waals surface area contributed by atoms with Gasteiger partial charge in [0.25, 0.3) is 5.91 Å². The van der Waals surface area contributed by atoms with Crippen molar-refractivity contribution < 1.29 is 9.90 Å². The zero-order chi connectivity index (χ0) is 15.7. The van der Waals surface area contributed by atoms with Crippen molar-refractivity contribution in [1.82, 2.24) is 0 Å². The standard InChI is InChI=1S/C18H18N2O2/c1-3-19-15-11-17(21)12(2)10-14(15)18(22)20-9-8-13-6-4-5-7-16(13)20/h3-7,10-11,21H,8-9H2,1-2H3/b19-3-. The molecule has 0 spiro atoms. The molecule has 2 aromatic rings. The van der Waals surface area contributed by atoms with Crippen molar-refractivity contribution >= 4 is 23.5 Å². The van der Waals surface area contributed by atoms with E-state index in [1.807, 2.05) is 18.2 Å². The van der Waals surface area contributed by atoms with Gasteiger partial charge in [-0.25, -0.2) is 0 Å². The first-order valence-electron chi connectivity index (χ1n) is 7.34. The molecule has 0 saturated heterocycles. The molecule has 3 rings (SSSR count). The van der Waals surface area contributed by atoms with Crippen LogP contribution in [0.1, 0.15) is 28.4 Å². The van der Waals surface area contributed by atoms with Gasteiger partial charge in [-0.3, -0.25) is 9.79 Å². The smallest absolute Gasteiger partial charge is 0.260 e. The molecule has 2 aromatic carbocycles. The van der Waals surface area contributed by atoms with Crippen LogP contribution in [0.3, 0.4) is 0 Å². The van der Waals surface area contributed by atoms with E-state index in [9.17, 15) is 9.90 Å². The van der Waals surface area contributed by atoms with Crippen molar-refractivity contribution in [3.8, 4) is 5.75 Å². The summed E-state index contributed by atoms with van der Waals surface area (Å²) in [4.78, 5) is 19.0. The maximum absolute atomic E-state index is 12.9. The van der Waals surface area contributed by atoms with Gasteiger partial charge in [-0.15, -0.1) is 0 Å². The van der Waals surface area contributed by atoms with Gasteiger partial charge in [0.2, 0.25) is 0 Å². The van der Waals surface area contributed by atoms with Crippen LogP contribution >= 0.6 is 0 Å². The van der Waals surface area contributed by atoms with E-state index in [-0.39, 0.29) is 11.7 Å². The molecule has 1 aliphatic heterocycles. The number of hydrogen-bond donors (Lipinski definition) is 1. The van der Waals surface area contributed by atoms with Crippen molar-refractivity contribution in [2.45, 2.75) is 20.3 Å². The van der Waals surface area contributed by atoms with Crippen LogP contribution in [0.5, 0.6) is 5.75 Å². The summed E-state index contributed by atoms with van der Waals surface area (Å²) in [5, 5.41) is 9.86. The number of para-hydroxylation sites is 1. The summed E-state index contributed by atoms with van der Waals surface area (Å²) in [6.07, 6.45) is 2.49. The molecule has 0 radical (unpaired) electrons. The van der Waals surface area contributed by atoms with Crippen molar-refractivity contribution in [2.24, 2.45) is 4.99 Å². The minimum atomic E-state index is -0.0753. The van der Waals surface area contributed by atoms with Crippen LogP contribution in [0.4, 0.5) is 11.4 Å². The Balaban J connectivity index is 2.05. The molecule has 4 nitrogen and oxygen atoms in total. The molecule has 0 saturated carbocycles. The second-order valence-electron chi connectivity index (χ2n) is 5.38. The van der Waals surface area contributed by atoms with Crippen molar-refractivity contribution in [2.75, 3.05) is 11.4 Å². The zero-order valence-corrected chi connectivity index (χ0v) is 12.7. The number of carbonyl (C=O) groups is 1. The highest BCUT2D eigenvalue weighted by Gasteiger charge is 2.27. The lowest BCUT2D eigenvalue weighted by atomic mass is 10.1. The SMILES string of the molecule is C/C=N\c1cc(O)c(C)cc1C(=O)N1CCc2ccccc21. The molecule has 4 heteroatoms. The van der Waals surface area contributed by atoms with Crippen LogP contribution in [0, 0.1) is 6.92 Å². The van der Waals surface area contributed by atoms with Gasteiger partial charge in [0, 0.05) is 24.5 Å². The Morgan fingerprint density at radius 3 is 2.86 bits per heavy atom. The monoisotopic (exact) mass is 294 g/mol. The van der Waals surface area contributed by atoms with Gasteiger partial charge in [0.15, 0.2) is 0 Å². The van der Waals surface area contributed by atoms with E-state index in [4.69, 9.17) is 0 Å². The van der Waals surface area contributed by atoms with Gasteiger partial charge < -0.3 is 10.0 Å². The van der Waals surface area contributed by atoms with Crippen molar-refractivity contribution in [3.63, 3.8) is 0 Å². The number of aliphatic imine (C=N–C) groups is 1. The highest BCUT2D eigenvalue weighted by atomic mass is 16.3. The van der Waals surface area contributed by atoms with Crippen molar-refractivity contribution in [1.29, 1.82) is 0 Å². The zero-order valence-electron chi connectivity index (χ0n) is 12.7. The lowest BCUT2D eigenvalue weighted by Crippen LogP contribution is -2.29. The highest BCUT2D eigenvalue weighted by molar-refractivity contribution is 6.10. The molecule has 0 unspecified atom stereocenters. The number of phenols is 1. The third-order valence-corrected chi connectivity index (χ3v) is 3.95. The number of rotatable bonds is 2. The highest BCUT2D eigenvalue weighted by Crippen LogP contribution is 2.33. The summed E-state index contributed by atoms with van der Waals surface area (Å²) >= 11 is 0. The van der Waals surface area contributed by atoms with E-state index in [0.717, 1.165) is 12.1 Å². The fraction of sp³-hybridized carbons (Fsp3) is 0.222. The number of carbonyl (C=O) groups excluding carboxylic acids is 1. The van der Waals surface area contributed by atoms with Crippen LogP contribution in [-0.4, -0.2) is 23.8 Å². The fourth-order valence-electron chi connectivity index (χ4n) is 2.80. The third-order valence-electron chi connectivity index (χ3n) is 3.95. The van der Waals surface area contributed by atoms with Gasteiger partial charge in [-0.05, 0) is 43.5 Å². The van der Waals surface area contributed by atoms with Gasteiger partial charge in [0.1, 0.15) is 5.75 Å². The Labute approximate surface area is 129 Å². The summed E-state index contributed by atoms with van der Waals surface area (Å²) in [6.45, 7) is 4.24. The summed E-state index contributed by atoms with van der Waals surface area (Å²) in [6, 6.07) is 11.2. The number of amides is 1. The second-order valence-corrected chi connectivity index (χ2v) is 5.38. The van der Waals surface area contributed by atoms with Gasteiger partial charge in [-0.2, -0.15) is 0 Å². The summed E-state index contributed by atoms with van der Waals surface area (Å²) in [7, 11) is 0. The first-order chi connectivity index (χ1) is 10.6. The predicted molar refractivity (Wildman–Crippen MR) is 88.5 cm³/mol. The number of aromatic hydroxyl groups is 1. The normalized spacial score (nSPS) is 13.6. The molecule has 22 heavy (non-hydrogen) atoms. The van der Waals surface area contributed by atoms with Gasteiger partial charge in [0.05, 0.1) is 11.3 Å². The number of benzene rings is 2. The fourth-order valence-corrected chi connectivity index (χ4v) is 2.80. The topological polar surface area (TPSA) is 52.9 Å². The van der Waals surface area contributed by atoms with Crippen LogP contribution in [0.2, 0.25) is 0 Å². The molecular weight excluding hydrogens is 276 g/mol. The number of aryl methyl sites for hydroxylation is 1. The van der Waals surface area contributed by atoms with Crippen LogP contribution in [0.25, 0.3) is 0 Å². The van der Waals surface area contributed by atoms with E-state index in [1.165, 1.54) is 5.56 Å². The molecule has 0 fully saturated rings. The lowest BCUT2D eigenvalue weighted by Gasteiger charge is -2.19. The van der Waals surface area contributed by atoms with Crippen LogP contribution < -0.4 is 4.90 Å². The molecule has 1 aliphatic rings. The minimum absolute atomic E-state index is 0.0753.